The van der Waals surface area contributed by atoms with Crippen molar-refractivity contribution in [1.82, 2.24) is 15.0 Å². The summed E-state index contributed by atoms with van der Waals surface area (Å²) in [6, 6.07) is 3.06. The van der Waals surface area contributed by atoms with Crippen molar-refractivity contribution in [2.75, 3.05) is 5.43 Å². The van der Waals surface area contributed by atoms with Gasteiger partial charge in [0.15, 0.2) is 5.03 Å². The molecule has 0 aliphatic carbocycles. The summed E-state index contributed by atoms with van der Waals surface area (Å²) in [5.41, 5.74) is 1.94. The lowest BCUT2D eigenvalue weighted by Crippen LogP contribution is -2.21. The van der Waals surface area contributed by atoms with Crippen molar-refractivity contribution < 1.29 is 5.03 Å². The number of aromatic nitrogens is 3. The van der Waals surface area contributed by atoms with Crippen molar-refractivity contribution in [2.45, 2.75) is 12.8 Å². The molecule has 0 spiro atoms. The molecule has 9 heteroatoms. The van der Waals surface area contributed by atoms with Gasteiger partial charge < -0.3 is 4.98 Å². The molecule has 1 atom stereocenters. The number of hydrazine groups is 1. The second kappa shape index (κ2) is 5.34. The predicted molar refractivity (Wildman–Crippen MR) is 70.1 cm³/mol. The number of pyridine rings is 1. The zero-order valence-corrected chi connectivity index (χ0v) is 10.4. The first-order valence-electron chi connectivity index (χ1n) is 5.66. The standard InChI is InChI=1S/C11H11N5O4/c1-6(7-2-3-12-9(17)4-7)8-5-13-11(14-10(8)18)15-16(19)20/h2-6H,1H3,(H,12,17)(H2,13,14,15,18). The molecule has 2 heterocycles. The molecule has 3 N–H and O–H groups in total. The van der Waals surface area contributed by atoms with E-state index >= 15 is 0 Å². The number of nitrogens with zero attached hydrogens (tertiary/aromatic N) is 2. The van der Waals surface area contributed by atoms with Crippen LogP contribution in [0.3, 0.4) is 0 Å². The summed E-state index contributed by atoms with van der Waals surface area (Å²) >= 11 is 0. The highest BCUT2D eigenvalue weighted by Gasteiger charge is 2.14. The van der Waals surface area contributed by atoms with Crippen LogP contribution in [-0.2, 0) is 0 Å². The Bertz CT molecular complexity index is 751. The van der Waals surface area contributed by atoms with Crippen LogP contribution in [0.2, 0.25) is 0 Å². The normalized spacial score (nSPS) is 11.8. The second-order valence-electron chi connectivity index (χ2n) is 4.09. The largest absolute Gasteiger partial charge is 0.329 e. The van der Waals surface area contributed by atoms with Crippen molar-refractivity contribution in [2.24, 2.45) is 0 Å². The first kappa shape index (κ1) is 13.5. The maximum atomic E-state index is 11.9. The number of nitrogens with one attached hydrogen (secondary N) is 3. The summed E-state index contributed by atoms with van der Waals surface area (Å²) in [6.07, 6.45) is 2.73. The average molecular weight is 277 g/mol. The maximum Gasteiger partial charge on any atom is 0.265 e. The van der Waals surface area contributed by atoms with Gasteiger partial charge in [-0.3, -0.25) is 14.6 Å². The summed E-state index contributed by atoms with van der Waals surface area (Å²) in [4.78, 5) is 41.9. The molecule has 0 aliphatic rings. The van der Waals surface area contributed by atoms with Crippen LogP contribution < -0.4 is 16.5 Å². The number of H-pyrrole nitrogens is 2. The lowest BCUT2D eigenvalue weighted by molar-refractivity contribution is -0.446. The minimum absolute atomic E-state index is 0.248. The maximum absolute atomic E-state index is 11.9. The van der Waals surface area contributed by atoms with Gasteiger partial charge in [0.2, 0.25) is 5.56 Å². The van der Waals surface area contributed by atoms with Crippen LogP contribution in [0.1, 0.15) is 24.0 Å². The van der Waals surface area contributed by atoms with E-state index in [4.69, 9.17) is 0 Å². The van der Waals surface area contributed by atoms with E-state index in [9.17, 15) is 19.7 Å². The SMILES string of the molecule is CC(c1cc[nH]c(=O)c1)c1cnc(N[N+](=O)[O-])[nH]c1=O. The van der Waals surface area contributed by atoms with E-state index < -0.39 is 10.6 Å². The summed E-state index contributed by atoms with van der Waals surface area (Å²) in [5.74, 6) is -0.611. The highest BCUT2D eigenvalue weighted by atomic mass is 16.7. The van der Waals surface area contributed by atoms with Crippen LogP contribution in [0.15, 0.2) is 34.1 Å². The Kier molecular flexibility index (Phi) is 3.60. The third kappa shape index (κ3) is 2.88. The Morgan fingerprint density at radius 3 is 2.80 bits per heavy atom. The number of rotatable bonds is 4. The Morgan fingerprint density at radius 2 is 2.20 bits per heavy atom. The minimum atomic E-state index is -0.821. The molecule has 0 radical (unpaired) electrons. The molecule has 0 saturated heterocycles. The molecule has 1 unspecified atom stereocenters. The molecule has 0 fully saturated rings. The zero-order valence-electron chi connectivity index (χ0n) is 10.4. The van der Waals surface area contributed by atoms with Crippen LogP contribution in [0.5, 0.6) is 0 Å². The van der Waals surface area contributed by atoms with E-state index in [2.05, 4.69) is 15.0 Å². The smallest absolute Gasteiger partial charge is 0.265 e. The van der Waals surface area contributed by atoms with Crippen LogP contribution in [0, 0.1) is 10.1 Å². The fourth-order valence-electron chi connectivity index (χ4n) is 1.77. The van der Waals surface area contributed by atoms with Crippen molar-refractivity contribution in [1.29, 1.82) is 0 Å². The predicted octanol–water partition coefficient (Wildman–Crippen LogP) is 0.214. The number of hydrogen-bond donors (Lipinski definition) is 3. The summed E-state index contributed by atoms with van der Waals surface area (Å²) in [5, 5.41) is 9.43. The Morgan fingerprint density at radius 1 is 1.45 bits per heavy atom. The van der Waals surface area contributed by atoms with Gasteiger partial charge in [-0.05, 0) is 11.6 Å². The number of anilines is 1. The summed E-state index contributed by atoms with van der Waals surface area (Å²) in [7, 11) is 0. The van der Waals surface area contributed by atoms with Gasteiger partial charge in [-0.1, -0.05) is 12.3 Å². The molecule has 2 rings (SSSR count). The third-order valence-electron chi connectivity index (χ3n) is 2.79. The molecule has 0 amide bonds. The molecule has 0 aromatic carbocycles. The molecule has 20 heavy (non-hydrogen) atoms. The molecule has 9 nitrogen and oxygen atoms in total. The van der Waals surface area contributed by atoms with E-state index in [-0.39, 0.29) is 17.4 Å². The topological polar surface area (TPSA) is 134 Å². The number of hydrogen-bond acceptors (Lipinski definition) is 5. The van der Waals surface area contributed by atoms with Gasteiger partial charge in [0, 0.05) is 29.9 Å². The van der Waals surface area contributed by atoms with E-state index in [1.54, 1.807) is 18.4 Å². The van der Waals surface area contributed by atoms with Crippen LogP contribution in [-0.4, -0.2) is 20.0 Å². The zero-order chi connectivity index (χ0) is 14.7. The van der Waals surface area contributed by atoms with E-state index in [0.717, 1.165) is 0 Å². The van der Waals surface area contributed by atoms with E-state index in [1.807, 2.05) is 0 Å². The summed E-state index contributed by atoms with van der Waals surface area (Å²) < 4.78 is 0. The second-order valence-corrected chi connectivity index (χ2v) is 4.09. The molecule has 0 saturated carbocycles. The third-order valence-corrected chi connectivity index (χ3v) is 2.79. The number of nitro groups is 1. The van der Waals surface area contributed by atoms with Crippen LogP contribution in [0.25, 0.3) is 0 Å². The lowest BCUT2D eigenvalue weighted by Gasteiger charge is -2.10. The molecule has 104 valence electrons. The molecule has 0 bridgehead atoms. The van der Waals surface area contributed by atoms with Gasteiger partial charge in [0.1, 0.15) is 0 Å². The Hall–Kier alpha value is -2.97. The monoisotopic (exact) mass is 277 g/mol. The fraction of sp³-hybridized carbons (Fsp3) is 0.182. The van der Waals surface area contributed by atoms with Crippen molar-refractivity contribution in [3.05, 3.63) is 66.5 Å². The quantitative estimate of drug-likeness (QED) is 0.540. The lowest BCUT2D eigenvalue weighted by atomic mass is 9.96. The van der Waals surface area contributed by atoms with Gasteiger partial charge in [-0.25, -0.2) is 15.1 Å². The first-order chi connectivity index (χ1) is 9.47. The minimum Gasteiger partial charge on any atom is -0.329 e. The van der Waals surface area contributed by atoms with Crippen LogP contribution >= 0.6 is 0 Å². The Balaban J connectivity index is 2.36. The summed E-state index contributed by atoms with van der Waals surface area (Å²) in [6.45, 7) is 1.74. The molecule has 2 aromatic rings. The highest BCUT2D eigenvalue weighted by molar-refractivity contribution is 5.30. The van der Waals surface area contributed by atoms with Gasteiger partial charge in [-0.2, -0.15) is 0 Å². The molecule has 2 aromatic heterocycles. The van der Waals surface area contributed by atoms with E-state index in [1.165, 1.54) is 18.5 Å². The van der Waals surface area contributed by atoms with Gasteiger partial charge in [-0.15, -0.1) is 0 Å². The van der Waals surface area contributed by atoms with E-state index in [0.29, 0.717) is 11.1 Å². The number of aromatic amines is 2. The molecular weight excluding hydrogens is 266 g/mol. The fourth-order valence-corrected chi connectivity index (χ4v) is 1.77. The molecular formula is C11H11N5O4. The highest BCUT2D eigenvalue weighted by Crippen LogP contribution is 2.19. The Labute approximate surface area is 111 Å². The molecule has 0 aliphatic heterocycles. The average Bonchev–Trinajstić information content (AvgIpc) is 2.37. The van der Waals surface area contributed by atoms with Crippen LogP contribution in [0.4, 0.5) is 5.95 Å². The van der Waals surface area contributed by atoms with Crippen molar-refractivity contribution >= 4 is 5.95 Å². The van der Waals surface area contributed by atoms with Crippen molar-refractivity contribution in [3.63, 3.8) is 0 Å². The van der Waals surface area contributed by atoms with Crippen molar-refractivity contribution in [3.8, 4) is 0 Å². The first-order valence-corrected chi connectivity index (χ1v) is 5.66. The van der Waals surface area contributed by atoms with Gasteiger partial charge in [0.05, 0.1) is 0 Å². The van der Waals surface area contributed by atoms with Gasteiger partial charge >= 0.3 is 0 Å². The van der Waals surface area contributed by atoms with Gasteiger partial charge in [0.25, 0.3) is 11.5 Å².